The number of methoxy groups -OCH3 is 1. The van der Waals surface area contributed by atoms with Gasteiger partial charge in [-0.25, -0.2) is 9.97 Å². The first kappa shape index (κ1) is 21.0. The molecule has 0 aliphatic heterocycles. The minimum atomic E-state index is -4.57. The van der Waals surface area contributed by atoms with Crippen LogP contribution in [0.1, 0.15) is 12.1 Å². The molecule has 2 atom stereocenters. The molecule has 0 bridgehead atoms. The van der Waals surface area contributed by atoms with Crippen LogP contribution in [0.5, 0.6) is 5.75 Å². The molecule has 0 spiro atoms. The zero-order valence-electron chi connectivity index (χ0n) is 17.5. The zero-order valence-corrected chi connectivity index (χ0v) is 17.5. The highest BCUT2D eigenvalue weighted by Gasteiger charge is 2.71. The number of oxazole rings is 1. The molecule has 1 aliphatic rings. The molecule has 2 unspecified atom stereocenters. The molecule has 3 heterocycles. The number of fused-ring (bicyclic) bond motifs is 2. The normalized spacial score (nSPS) is 20.2. The molecule has 0 radical (unpaired) electrons. The Morgan fingerprint density at radius 2 is 2.03 bits per heavy atom. The first-order valence-corrected chi connectivity index (χ1v) is 9.97. The molecule has 4 aromatic rings. The van der Waals surface area contributed by atoms with Crippen LogP contribution in [-0.2, 0) is 10.2 Å². The molecule has 1 saturated carbocycles. The number of ether oxygens (including phenoxy) is 1. The SMILES string of the molecule is CNc1ncc(-c2nc3cc(OC)ccc3o2)c2cc(C3(C(N)=O)CC3C(F)(F)F)ncc12. The number of nitrogens with two attached hydrogens (primary N) is 1. The first-order chi connectivity index (χ1) is 15.7. The number of carbonyl (C=O) groups is 1. The van der Waals surface area contributed by atoms with Crippen molar-refractivity contribution >= 4 is 33.6 Å². The Morgan fingerprint density at radius 3 is 2.67 bits per heavy atom. The molecule has 3 aromatic heterocycles. The third-order valence-electron chi connectivity index (χ3n) is 6.09. The summed E-state index contributed by atoms with van der Waals surface area (Å²) in [5, 5.41) is 3.94. The van der Waals surface area contributed by atoms with Crippen molar-refractivity contribution in [2.45, 2.75) is 18.0 Å². The number of amides is 1. The lowest BCUT2D eigenvalue weighted by Crippen LogP contribution is -2.34. The van der Waals surface area contributed by atoms with Crippen molar-refractivity contribution in [2.75, 3.05) is 19.5 Å². The number of hydrogen-bond acceptors (Lipinski definition) is 7. The predicted octanol–water partition coefficient (Wildman–Crippen LogP) is 3.79. The second-order valence-electron chi connectivity index (χ2n) is 7.87. The van der Waals surface area contributed by atoms with Gasteiger partial charge in [-0.2, -0.15) is 13.2 Å². The van der Waals surface area contributed by atoms with Crippen molar-refractivity contribution in [3.63, 3.8) is 0 Å². The van der Waals surface area contributed by atoms with Crippen molar-refractivity contribution in [1.82, 2.24) is 15.0 Å². The van der Waals surface area contributed by atoms with Crippen molar-refractivity contribution in [2.24, 2.45) is 11.7 Å². The van der Waals surface area contributed by atoms with Gasteiger partial charge < -0.3 is 20.2 Å². The van der Waals surface area contributed by atoms with E-state index in [0.29, 0.717) is 39.0 Å². The molecule has 33 heavy (non-hydrogen) atoms. The molecule has 1 aromatic carbocycles. The van der Waals surface area contributed by atoms with E-state index in [1.807, 2.05) is 0 Å². The average molecular weight is 457 g/mol. The Bertz CT molecular complexity index is 1420. The minimum Gasteiger partial charge on any atom is -0.497 e. The van der Waals surface area contributed by atoms with E-state index in [9.17, 15) is 18.0 Å². The summed E-state index contributed by atoms with van der Waals surface area (Å²) in [5.74, 6) is -1.67. The van der Waals surface area contributed by atoms with E-state index >= 15 is 0 Å². The summed E-state index contributed by atoms with van der Waals surface area (Å²) >= 11 is 0. The number of aromatic nitrogens is 3. The molecular weight excluding hydrogens is 439 g/mol. The van der Waals surface area contributed by atoms with Crippen LogP contribution in [0.4, 0.5) is 19.0 Å². The van der Waals surface area contributed by atoms with Gasteiger partial charge >= 0.3 is 6.18 Å². The van der Waals surface area contributed by atoms with Crippen molar-refractivity contribution in [3.8, 4) is 17.2 Å². The van der Waals surface area contributed by atoms with Gasteiger partial charge in [-0.1, -0.05) is 0 Å². The molecule has 1 aliphatic carbocycles. The van der Waals surface area contributed by atoms with Crippen LogP contribution >= 0.6 is 0 Å². The summed E-state index contributed by atoms with van der Waals surface area (Å²) in [6, 6.07) is 6.57. The van der Waals surface area contributed by atoms with Crippen LogP contribution in [0.25, 0.3) is 33.3 Å². The summed E-state index contributed by atoms with van der Waals surface area (Å²) in [6.07, 6.45) is -2.12. The molecule has 3 N–H and O–H groups in total. The molecule has 8 nitrogen and oxygen atoms in total. The van der Waals surface area contributed by atoms with Crippen molar-refractivity contribution in [1.29, 1.82) is 0 Å². The summed E-state index contributed by atoms with van der Waals surface area (Å²) in [6.45, 7) is 0. The number of rotatable bonds is 5. The number of primary amides is 1. The van der Waals surface area contributed by atoms with Gasteiger partial charge in [-0.15, -0.1) is 0 Å². The van der Waals surface area contributed by atoms with Gasteiger partial charge in [0.1, 0.15) is 22.5 Å². The number of pyridine rings is 2. The monoisotopic (exact) mass is 457 g/mol. The summed E-state index contributed by atoms with van der Waals surface area (Å²) < 4.78 is 51.4. The van der Waals surface area contributed by atoms with E-state index in [-0.39, 0.29) is 11.6 Å². The Hall–Kier alpha value is -3.89. The minimum absolute atomic E-state index is 0.0443. The van der Waals surface area contributed by atoms with Crippen LogP contribution in [0.2, 0.25) is 0 Å². The largest absolute Gasteiger partial charge is 0.497 e. The van der Waals surface area contributed by atoms with Crippen LogP contribution < -0.4 is 15.8 Å². The van der Waals surface area contributed by atoms with Gasteiger partial charge in [0.15, 0.2) is 5.58 Å². The Balaban J connectivity index is 1.72. The average Bonchev–Trinajstić information content (AvgIpc) is 3.45. The van der Waals surface area contributed by atoms with Crippen molar-refractivity contribution in [3.05, 3.63) is 42.4 Å². The number of nitrogens with zero attached hydrogens (tertiary/aromatic N) is 3. The van der Waals surface area contributed by atoms with Crippen LogP contribution in [0.15, 0.2) is 41.1 Å². The summed E-state index contributed by atoms with van der Waals surface area (Å²) in [5.41, 5.74) is 4.96. The third-order valence-corrected chi connectivity index (χ3v) is 6.09. The van der Waals surface area contributed by atoms with Gasteiger partial charge in [0.25, 0.3) is 0 Å². The Morgan fingerprint density at radius 1 is 1.24 bits per heavy atom. The fraction of sp³-hybridized carbons (Fsp3) is 0.273. The van der Waals surface area contributed by atoms with Crippen LogP contribution in [0.3, 0.4) is 0 Å². The van der Waals surface area contributed by atoms with E-state index in [0.717, 1.165) is 0 Å². The summed E-state index contributed by atoms with van der Waals surface area (Å²) in [7, 11) is 3.19. The highest BCUT2D eigenvalue weighted by Crippen LogP contribution is 2.61. The number of nitrogens with one attached hydrogen (secondary N) is 1. The molecule has 0 saturated heterocycles. The fourth-order valence-electron chi connectivity index (χ4n) is 4.24. The molecule has 5 rings (SSSR count). The topological polar surface area (TPSA) is 116 Å². The quantitative estimate of drug-likeness (QED) is 0.468. The maximum absolute atomic E-state index is 13.4. The lowest BCUT2D eigenvalue weighted by molar-refractivity contribution is -0.156. The molecule has 11 heteroatoms. The van der Waals surface area contributed by atoms with Crippen LogP contribution in [0, 0.1) is 5.92 Å². The smallest absolute Gasteiger partial charge is 0.393 e. The Labute approximate surface area is 185 Å². The Kier molecular flexibility index (Phi) is 4.49. The molecule has 1 fully saturated rings. The maximum atomic E-state index is 13.4. The fourth-order valence-corrected chi connectivity index (χ4v) is 4.24. The number of halogens is 3. The van der Waals surface area contributed by atoms with E-state index < -0.39 is 29.8 Å². The van der Waals surface area contributed by atoms with E-state index in [1.165, 1.54) is 25.6 Å². The second-order valence-corrected chi connectivity index (χ2v) is 7.87. The maximum Gasteiger partial charge on any atom is 0.393 e. The number of benzene rings is 1. The van der Waals surface area contributed by atoms with Gasteiger partial charge in [-0.05, 0) is 24.6 Å². The number of carbonyl (C=O) groups excluding carboxylic acids is 1. The first-order valence-electron chi connectivity index (χ1n) is 9.97. The molecular formula is C22H18F3N5O3. The number of hydrogen-bond donors (Lipinski definition) is 2. The zero-order chi connectivity index (χ0) is 23.5. The number of anilines is 1. The van der Waals surface area contributed by atoms with Gasteiger partial charge in [0.2, 0.25) is 11.8 Å². The summed E-state index contributed by atoms with van der Waals surface area (Å²) in [4.78, 5) is 25.2. The van der Waals surface area contributed by atoms with Crippen molar-refractivity contribution < 1.29 is 27.1 Å². The van der Waals surface area contributed by atoms with E-state index in [1.54, 1.807) is 25.2 Å². The highest BCUT2D eigenvalue weighted by atomic mass is 19.4. The van der Waals surface area contributed by atoms with Gasteiger partial charge in [-0.3, -0.25) is 9.78 Å². The van der Waals surface area contributed by atoms with Crippen LogP contribution in [-0.4, -0.2) is 41.2 Å². The molecule has 1 amide bonds. The number of alkyl halides is 3. The lowest BCUT2D eigenvalue weighted by Gasteiger charge is -2.16. The second kappa shape index (κ2) is 7.06. The highest BCUT2D eigenvalue weighted by molar-refractivity contribution is 6.02. The van der Waals surface area contributed by atoms with E-state index in [4.69, 9.17) is 14.9 Å². The van der Waals surface area contributed by atoms with Gasteiger partial charge in [0, 0.05) is 36.3 Å². The van der Waals surface area contributed by atoms with Gasteiger partial charge in [0.05, 0.1) is 24.3 Å². The molecule has 170 valence electrons. The van der Waals surface area contributed by atoms with E-state index in [2.05, 4.69) is 20.3 Å². The third kappa shape index (κ3) is 3.14. The lowest BCUT2D eigenvalue weighted by atomic mass is 9.95. The predicted molar refractivity (Wildman–Crippen MR) is 114 cm³/mol. The standard InChI is InChI=1S/C22H18F3N5O3/c1-27-18-12-8-28-17(21(20(26)31)7-16(21)22(23,24)25)6-11(12)13(9-29-18)19-30-14-5-10(32-2)3-4-15(14)33-19/h3-6,8-9,16H,7H2,1-2H3,(H2,26,31)(H,27,29).